The van der Waals surface area contributed by atoms with Crippen LogP contribution in [0.4, 0.5) is 0 Å². The molecule has 4 heteroatoms. The van der Waals surface area contributed by atoms with Crippen LogP contribution in [0.25, 0.3) is 0 Å². The first-order chi connectivity index (χ1) is 13.2. The molecule has 1 N–H and O–H groups in total. The quantitative estimate of drug-likeness (QED) is 0.603. The van der Waals surface area contributed by atoms with E-state index in [9.17, 15) is 5.26 Å². The summed E-state index contributed by atoms with van der Waals surface area (Å²) in [6.07, 6.45) is 14.0. The standard InChI is InChI=1S/C17H23ClN2.C6H5Cl/c18-14-8-4-7-13(9-14)16-11-20-17(15(16)10-19)12-5-2-1-3-6-12;7-6-4-2-1-3-5-6/h4,7,9,12,14-17,20H,1-3,5-6,8,11H2;1-5H. The van der Waals surface area contributed by atoms with Gasteiger partial charge in [0.1, 0.15) is 0 Å². The highest BCUT2D eigenvalue weighted by atomic mass is 35.5. The number of alkyl halides is 1. The maximum absolute atomic E-state index is 9.66. The minimum Gasteiger partial charge on any atom is -0.312 e. The van der Waals surface area contributed by atoms with Gasteiger partial charge in [0.25, 0.3) is 0 Å². The number of rotatable bonds is 2. The predicted octanol–water partition coefficient (Wildman–Crippen LogP) is 6.13. The Hall–Kier alpha value is -1.27. The van der Waals surface area contributed by atoms with Gasteiger partial charge in [-0.05, 0) is 42.9 Å². The summed E-state index contributed by atoms with van der Waals surface area (Å²) in [5.74, 6) is 1.12. The molecule has 0 spiro atoms. The number of nitrogens with one attached hydrogen (secondary N) is 1. The van der Waals surface area contributed by atoms with Gasteiger partial charge in [0.2, 0.25) is 0 Å². The largest absolute Gasteiger partial charge is 0.312 e. The SMILES string of the molecule is Clc1ccccc1.N#CC1C(C2=CC(Cl)CC=C2)CNC1C1CCCCC1. The van der Waals surface area contributed by atoms with Crippen LogP contribution < -0.4 is 5.32 Å². The maximum Gasteiger partial charge on any atom is 0.0699 e. The molecular formula is C23H28Cl2N2. The molecule has 0 radical (unpaired) electrons. The molecule has 4 atom stereocenters. The van der Waals surface area contributed by atoms with E-state index in [-0.39, 0.29) is 11.3 Å². The molecule has 2 fully saturated rings. The average molecular weight is 403 g/mol. The lowest BCUT2D eigenvalue weighted by molar-refractivity contribution is 0.261. The van der Waals surface area contributed by atoms with E-state index in [0.717, 1.165) is 18.0 Å². The molecule has 3 aliphatic rings. The molecule has 1 aromatic carbocycles. The molecule has 0 amide bonds. The van der Waals surface area contributed by atoms with Crippen molar-refractivity contribution in [2.75, 3.05) is 6.54 Å². The number of benzene rings is 1. The Morgan fingerprint density at radius 2 is 1.81 bits per heavy atom. The monoisotopic (exact) mass is 402 g/mol. The summed E-state index contributed by atoms with van der Waals surface area (Å²) in [4.78, 5) is 0. The normalized spacial score (nSPS) is 30.8. The zero-order valence-corrected chi connectivity index (χ0v) is 17.2. The summed E-state index contributed by atoms with van der Waals surface area (Å²) < 4.78 is 0. The fourth-order valence-electron chi connectivity index (χ4n) is 4.54. The van der Waals surface area contributed by atoms with Crippen molar-refractivity contribution in [2.24, 2.45) is 17.8 Å². The van der Waals surface area contributed by atoms with E-state index < -0.39 is 0 Å². The van der Waals surface area contributed by atoms with Crippen LogP contribution in [-0.4, -0.2) is 18.0 Å². The Morgan fingerprint density at radius 3 is 2.41 bits per heavy atom. The molecule has 2 aliphatic carbocycles. The van der Waals surface area contributed by atoms with Crippen molar-refractivity contribution in [1.29, 1.82) is 5.26 Å². The Bertz CT molecular complexity index is 686. The lowest BCUT2D eigenvalue weighted by atomic mass is 9.75. The third-order valence-electron chi connectivity index (χ3n) is 5.91. The van der Waals surface area contributed by atoms with E-state index >= 15 is 0 Å². The highest BCUT2D eigenvalue weighted by Crippen LogP contribution is 2.38. The van der Waals surface area contributed by atoms with Crippen LogP contribution in [0.15, 0.2) is 54.1 Å². The fraction of sp³-hybridized carbons (Fsp3) is 0.522. The molecule has 4 unspecified atom stereocenters. The van der Waals surface area contributed by atoms with Crippen molar-refractivity contribution in [3.63, 3.8) is 0 Å². The van der Waals surface area contributed by atoms with Crippen LogP contribution in [0.2, 0.25) is 5.02 Å². The molecule has 144 valence electrons. The summed E-state index contributed by atoms with van der Waals surface area (Å²) in [6, 6.07) is 12.4. The van der Waals surface area contributed by atoms with Crippen LogP contribution in [0, 0.1) is 29.1 Å². The molecular weight excluding hydrogens is 375 g/mol. The van der Waals surface area contributed by atoms with Crippen molar-refractivity contribution >= 4 is 23.2 Å². The zero-order chi connectivity index (χ0) is 19.1. The summed E-state index contributed by atoms with van der Waals surface area (Å²) in [5, 5.41) is 14.2. The van der Waals surface area contributed by atoms with Gasteiger partial charge in [-0.3, -0.25) is 0 Å². The van der Waals surface area contributed by atoms with Crippen molar-refractivity contribution in [1.82, 2.24) is 5.32 Å². The molecule has 1 aliphatic heterocycles. The Balaban J connectivity index is 0.000000253. The number of nitrogens with zero attached hydrogens (tertiary/aromatic N) is 1. The number of nitriles is 1. The average Bonchev–Trinajstić information content (AvgIpc) is 3.14. The van der Waals surface area contributed by atoms with Crippen molar-refractivity contribution in [2.45, 2.75) is 49.9 Å². The molecule has 27 heavy (non-hydrogen) atoms. The summed E-state index contributed by atoms with van der Waals surface area (Å²) in [6.45, 7) is 0.930. The second kappa shape index (κ2) is 10.3. The van der Waals surface area contributed by atoms with Gasteiger partial charge in [0.15, 0.2) is 0 Å². The lowest BCUT2D eigenvalue weighted by Gasteiger charge is -2.30. The van der Waals surface area contributed by atoms with E-state index in [1.54, 1.807) is 0 Å². The molecule has 1 saturated heterocycles. The molecule has 0 bridgehead atoms. The van der Waals surface area contributed by atoms with Gasteiger partial charge >= 0.3 is 0 Å². The van der Waals surface area contributed by atoms with E-state index in [4.69, 9.17) is 23.2 Å². The molecule has 1 heterocycles. The Kier molecular flexibility index (Phi) is 7.82. The highest BCUT2D eigenvalue weighted by Gasteiger charge is 2.41. The first-order valence-electron chi connectivity index (χ1n) is 10.0. The van der Waals surface area contributed by atoms with Crippen LogP contribution in [0.3, 0.4) is 0 Å². The summed E-state index contributed by atoms with van der Waals surface area (Å²) >= 11 is 11.8. The Morgan fingerprint density at radius 1 is 1.07 bits per heavy atom. The number of halogens is 2. The molecule has 1 aromatic rings. The molecule has 1 saturated carbocycles. The van der Waals surface area contributed by atoms with Gasteiger partial charge in [-0.15, -0.1) is 11.6 Å². The lowest BCUT2D eigenvalue weighted by Crippen LogP contribution is -2.36. The number of hydrogen-bond donors (Lipinski definition) is 1. The molecule has 4 rings (SSSR count). The van der Waals surface area contributed by atoms with Gasteiger partial charge in [-0.1, -0.05) is 67.3 Å². The van der Waals surface area contributed by atoms with Gasteiger partial charge in [-0.25, -0.2) is 0 Å². The minimum absolute atomic E-state index is 0.100. The number of hydrogen-bond acceptors (Lipinski definition) is 2. The highest BCUT2D eigenvalue weighted by molar-refractivity contribution is 6.30. The minimum atomic E-state index is 0.100. The van der Waals surface area contributed by atoms with E-state index in [1.165, 1.54) is 37.7 Å². The molecule has 0 aromatic heterocycles. The maximum atomic E-state index is 9.66. The van der Waals surface area contributed by atoms with E-state index in [0.29, 0.717) is 17.9 Å². The third-order valence-corrected chi connectivity index (χ3v) is 6.46. The Labute approximate surface area is 173 Å². The van der Waals surface area contributed by atoms with Gasteiger partial charge in [0, 0.05) is 23.5 Å². The topological polar surface area (TPSA) is 35.8 Å². The second-order valence-electron chi connectivity index (χ2n) is 7.71. The summed E-state index contributed by atoms with van der Waals surface area (Å²) in [7, 11) is 0. The van der Waals surface area contributed by atoms with Crippen LogP contribution in [-0.2, 0) is 0 Å². The molecule has 2 nitrogen and oxygen atoms in total. The van der Waals surface area contributed by atoms with E-state index in [1.807, 2.05) is 30.3 Å². The van der Waals surface area contributed by atoms with Crippen LogP contribution in [0.5, 0.6) is 0 Å². The van der Waals surface area contributed by atoms with Crippen molar-refractivity contribution < 1.29 is 0 Å². The van der Waals surface area contributed by atoms with Crippen molar-refractivity contribution in [3.8, 4) is 6.07 Å². The second-order valence-corrected chi connectivity index (χ2v) is 8.71. The first kappa shape index (κ1) is 20.5. The van der Waals surface area contributed by atoms with Crippen molar-refractivity contribution in [3.05, 3.63) is 59.2 Å². The van der Waals surface area contributed by atoms with Crippen LogP contribution >= 0.6 is 23.2 Å². The van der Waals surface area contributed by atoms with E-state index in [2.05, 4.69) is 29.6 Å². The van der Waals surface area contributed by atoms with Gasteiger partial charge in [0.05, 0.1) is 17.4 Å². The smallest absolute Gasteiger partial charge is 0.0699 e. The van der Waals surface area contributed by atoms with Crippen LogP contribution in [0.1, 0.15) is 38.5 Å². The third kappa shape index (κ3) is 5.61. The number of allylic oxidation sites excluding steroid dienone is 3. The first-order valence-corrected chi connectivity index (χ1v) is 10.9. The van der Waals surface area contributed by atoms with Gasteiger partial charge < -0.3 is 5.32 Å². The fourth-order valence-corrected chi connectivity index (χ4v) is 4.94. The summed E-state index contributed by atoms with van der Waals surface area (Å²) in [5.41, 5.74) is 1.27. The van der Waals surface area contributed by atoms with Gasteiger partial charge in [-0.2, -0.15) is 5.26 Å². The zero-order valence-electron chi connectivity index (χ0n) is 15.7. The predicted molar refractivity (Wildman–Crippen MR) is 114 cm³/mol.